The molecule has 1 aliphatic heterocycles. The summed E-state index contributed by atoms with van der Waals surface area (Å²) in [6.45, 7) is 7.42. The number of rotatable bonds is 4. The smallest absolute Gasteiger partial charge is 0.315 e. The molecule has 146 valence electrons. The van der Waals surface area contributed by atoms with E-state index in [0.29, 0.717) is 11.5 Å². The molecular weight excluding hydrogens is 349 g/mol. The van der Waals surface area contributed by atoms with Gasteiger partial charge in [0.25, 0.3) is 0 Å². The van der Waals surface area contributed by atoms with E-state index in [2.05, 4.69) is 24.1 Å². The fourth-order valence-electron chi connectivity index (χ4n) is 3.77. The summed E-state index contributed by atoms with van der Waals surface area (Å²) in [6, 6.07) is 13.7. The SMILES string of the molecule is CC(C)c1ccc(C(c2ccccc2C(F)(F)F)N2CCCNCC2)cc1. The van der Waals surface area contributed by atoms with Gasteiger partial charge in [-0.05, 0) is 41.6 Å². The fraction of sp³-hybridized carbons (Fsp3) is 0.455. The van der Waals surface area contributed by atoms with Crippen LogP contribution in [0.15, 0.2) is 48.5 Å². The van der Waals surface area contributed by atoms with E-state index < -0.39 is 17.8 Å². The third-order valence-electron chi connectivity index (χ3n) is 5.22. The lowest BCUT2D eigenvalue weighted by atomic mass is 9.91. The molecule has 0 bridgehead atoms. The molecule has 0 aromatic heterocycles. The van der Waals surface area contributed by atoms with Crippen molar-refractivity contribution in [3.8, 4) is 0 Å². The van der Waals surface area contributed by atoms with Crippen LogP contribution in [0.4, 0.5) is 13.2 Å². The minimum atomic E-state index is -4.36. The third kappa shape index (κ3) is 4.71. The van der Waals surface area contributed by atoms with Gasteiger partial charge in [0.15, 0.2) is 0 Å². The van der Waals surface area contributed by atoms with Crippen LogP contribution in [-0.4, -0.2) is 31.1 Å². The van der Waals surface area contributed by atoms with Crippen molar-refractivity contribution in [2.45, 2.75) is 38.4 Å². The van der Waals surface area contributed by atoms with Gasteiger partial charge in [0.05, 0.1) is 11.6 Å². The van der Waals surface area contributed by atoms with Crippen LogP contribution in [0.1, 0.15) is 54.5 Å². The topological polar surface area (TPSA) is 15.3 Å². The molecule has 1 saturated heterocycles. The molecule has 5 heteroatoms. The number of nitrogens with one attached hydrogen (secondary N) is 1. The van der Waals surface area contributed by atoms with E-state index in [-0.39, 0.29) is 0 Å². The van der Waals surface area contributed by atoms with Crippen LogP contribution in [-0.2, 0) is 6.18 Å². The van der Waals surface area contributed by atoms with Crippen LogP contribution >= 0.6 is 0 Å². The van der Waals surface area contributed by atoms with Gasteiger partial charge in [0.1, 0.15) is 0 Å². The molecule has 1 atom stereocenters. The number of halogens is 3. The standard InChI is InChI=1S/C22H27F3N2/c1-16(2)17-8-10-18(11-9-17)21(27-14-5-12-26-13-15-27)19-6-3-4-7-20(19)22(23,24)25/h3-4,6-11,16,21,26H,5,12-15H2,1-2H3. The minimum Gasteiger partial charge on any atom is -0.315 e. The summed E-state index contributed by atoms with van der Waals surface area (Å²) in [5.74, 6) is 0.391. The first-order valence-electron chi connectivity index (χ1n) is 9.58. The lowest BCUT2D eigenvalue weighted by Crippen LogP contribution is -2.34. The van der Waals surface area contributed by atoms with Crippen molar-refractivity contribution in [3.05, 3.63) is 70.8 Å². The van der Waals surface area contributed by atoms with E-state index in [1.807, 2.05) is 24.3 Å². The van der Waals surface area contributed by atoms with E-state index in [9.17, 15) is 13.2 Å². The van der Waals surface area contributed by atoms with E-state index in [0.717, 1.165) is 38.2 Å². The molecule has 27 heavy (non-hydrogen) atoms. The third-order valence-corrected chi connectivity index (χ3v) is 5.22. The number of alkyl halides is 3. The van der Waals surface area contributed by atoms with Crippen molar-refractivity contribution in [2.24, 2.45) is 0 Å². The molecule has 0 amide bonds. The van der Waals surface area contributed by atoms with Crippen LogP contribution in [0, 0.1) is 0 Å². The van der Waals surface area contributed by atoms with Gasteiger partial charge in [-0.15, -0.1) is 0 Å². The molecule has 2 aromatic carbocycles. The van der Waals surface area contributed by atoms with E-state index in [4.69, 9.17) is 0 Å². The predicted octanol–water partition coefficient (Wildman–Crippen LogP) is 5.21. The Morgan fingerprint density at radius 3 is 2.22 bits per heavy atom. The molecule has 0 spiro atoms. The van der Waals surface area contributed by atoms with Gasteiger partial charge in [-0.1, -0.05) is 56.3 Å². The Bertz CT molecular complexity index is 730. The maximum Gasteiger partial charge on any atom is 0.416 e. The zero-order chi connectivity index (χ0) is 19.4. The first-order chi connectivity index (χ1) is 12.9. The second kappa shape index (κ2) is 8.44. The van der Waals surface area contributed by atoms with Gasteiger partial charge in [0, 0.05) is 19.6 Å². The van der Waals surface area contributed by atoms with Gasteiger partial charge < -0.3 is 5.32 Å². The van der Waals surface area contributed by atoms with Gasteiger partial charge in [-0.25, -0.2) is 0 Å². The second-order valence-electron chi connectivity index (χ2n) is 7.45. The zero-order valence-corrected chi connectivity index (χ0v) is 15.9. The lowest BCUT2D eigenvalue weighted by Gasteiger charge is -2.33. The first-order valence-corrected chi connectivity index (χ1v) is 9.58. The van der Waals surface area contributed by atoms with Crippen molar-refractivity contribution in [3.63, 3.8) is 0 Å². The van der Waals surface area contributed by atoms with Crippen LogP contribution in [0.25, 0.3) is 0 Å². The molecule has 1 unspecified atom stereocenters. The number of hydrogen-bond donors (Lipinski definition) is 1. The van der Waals surface area contributed by atoms with E-state index in [1.54, 1.807) is 12.1 Å². The molecular formula is C22H27F3N2. The average molecular weight is 376 g/mol. The number of hydrogen-bond acceptors (Lipinski definition) is 2. The molecule has 3 rings (SSSR count). The van der Waals surface area contributed by atoms with E-state index in [1.165, 1.54) is 17.7 Å². The molecule has 1 fully saturated rings. The predicted molar refractivity (Wildman–Crippen MR) is 103 cm³/mol. The Morgan fingerprint density at radius 1 is 0.889 bits per heavy atom. The normalized spacial score (nSPS) is 17.7. The Labute approximate surface area is 159 Å². The summed E-state index contributed by atoms with van der Waals surface area (Å²) in [4.78, 5) is 2.18. The Balaban J connectivity index is 2.08. The second-order valence-corrected chi connectivity index (χ2v) is 7.45. The van der Waals surface area contributed by atoms with Crippen molar-refractivity contribution < 1.29 is 13.2 Å². The largest absolute Gasteiger partial charge is 0.416 e. The quantitative estimate of drug-likeness (QED) is 0.788. The summed E-state index contributed by atoms with van der Waals surface area (Å²) in [5, 5.41) is 3.34. The Morgan fingerprint density at radius 2 is 1.56 bits per heavy atom. The molecule has 0 saturated carbocycles. The zero-order valence-electron chi connectivity index (χ0n) is 15.9. The van der Waals surface area contributed by atoms with Crippen LogP contribution in [0.2, 0.25) is 0 Å². The molecule has 1 aliphatic rings. The van der Waals surface area contributed by atoms with Gasteiger partial charge in [-0.2, -0.15) is 13.2 Å². The highest BCUT2D eigenvalue weighted by molar-refractivity contribution is 5.40. The van der Waals surface area contributed by atoms with Crippen molar-refractivity contribution in [2.75, 3.05) is 26.2 Å². The minimum absolute atomic E-state index is 0.337. The van der Waals surface area contributed by atoms with Crippen molar-refractivity contribution in [1.82, 2.24) is 10.2 Å². The average Bonchev–Trinajstić information content (AvgIpc) is 2.91. The van der Waals surface area contributed by atoms with Gasteiger partial charge in [-0.3, -0.25) is 4.90 Å². The van der Waals surface area contributed by atoms with Crippen LogP contribution in [0.3, 0.4) is 0 Å². The highest BCUT2D eigenvalue weighted by atomic mass is 19.4. The lowest BCUT2D eigenvalue weighted by molar-refractivity contribution is -0.138. The summed E-state index contributed by atoms with van der Waals surface area (Å²) in [5.41, 5.74) is 1.90. The molecule has 1 heterocycles. The van der Waals surface area contributed by atoms with Crippen molar-refractivity contribution >= 4 is 0 Å². The molecule has 2 nitrogen and oxygen atoms in total. The fourth-order valence-corrected chi connectivity index (χ4v) is 3.77. The molecule has 0 radical (unpaired) electrons. The molecule has 1 N–H and O–H groups in total. The maximum atomic E-state index is 13.7. The summed E-state index contributed by atoms with van der Waals surface area (Å²) in [6.07, 6.45) is -3.44. The highest BCUT2D eigenvalue weighted by Gasteiger charge is 2.37. The van der Waals surface area contributed by atoms with Crippen LogP contribution in [0.5, 0.6) is 0 Å². The van der Waals surface area contributed by atoms with E-state index >= 15 is 0 Å². The monoisotopic (exact) mass is 376 g/mol. The van der Waals surface area contributed by atoms with Crippen molar-refractivity contribution in [1.29, 1.82) is 0 Å². The van der Waals surface area contributed by atoms with Gasteiger partial charge in [0.2, 0.25) is 0 Å². The summed E-state index contributed by atoms with van der Waals surface area (Å²) >= 11 is 0. The summed E-state index contributed by atoms with van der Waals surface area (Å²) < 4.78 is 41.1. The number of benzene rings is 2. The first kappa shape index (κ1) is 19.9. The highest BCUT2D eigenvalue weighted by Crippen LogP contribution is 2.39. The molecule has 0 aliphatic carbocycles. The maximum absolute atomic E-state index is 13.7. The Kier molecular flexibility index (Phi) is 6.22. The summed E-state index contributed by atoms with van der Waals surface area (Å²) in [7, 11) is 0. The number of nitrogens with zero attached hydrogens (tertiary/aromatic N) is 1. The Hall–Kier alpha value is -1.85. The molecule has 2 aromatic rings. The van der Waals surface area contributed by atoms with Gasteiger partial charge >= 0.3 is 6.18 Å². The van der Waals surface area contributed by atoms with Crippen LogP contribution < -0.4 is 5.32 Å².